The standard InChI is InChI=1S/C15H24N2O4.CH2O2/c1-11-8-14(12(2)21-11)15(20)17-5-3-4-16(6-7-17)9-13(19)10-18;2-1-3/h8,13,18-19H,3-7,9-10H2,1-2H3;1H,(H,2,3). The van der Waals surface area contributed by atoms with Gasteiger partial charge in [0, 0.05) is 26.2 Å². The summed E-state index contributed by atoms with van der Waals surface area (Å²) in [6.07, 6.45) is 0.144. The Hall–Kier alpha value is -1.90. The Morgan fingerprint density at radius 1 is 1.33 bits per heavy atom. The zero-order valence-corrected chi connectivity index (χ0v) is 14.1. The highest BCUT2D eigenvalue weighted by molar-refractivity contribution is 5.95. The fourth-order valence-corrected chi connectivity index (χ4v) is 2.73. The van der Waals surface area contributed by atoms with E-state index in [0.717, 1.165) is 18.7 Å². The number of aliphatic hydroxyl groups excluding tert-OH is 2. The van der Waals surface area contributed by atoms with Gasteiger partial charge in [0.1, 0.15) is 11.5 Å². The van der Waals surface area contributed by atoms with Gasteiger partial charge in [-0.25, -0.2) is 0 Å². The topological polar surface area (TPSA) is 114 Å². The molecule has 1 aliphatic rings. The highest BCUT2D eigenvalue weighted by atomic mass is 16.3. The van der Waals surface area contributed by atoms with Crippen molar-refractivity contribution >= 4 is 12.4 Å². The van der Waals surface area contributed by atoms with Crippen LogP contribution in [0.1, 0.15) is 28.3 Å². The molecule has 3 N–H and O–H groups in total. The van der Waals surface area contributed by atoms with Crippen LogP contribution in [0.15, 0.2) is 10.5 Å². The SMILES string of the molecule is Cc1cc(C(=O)N2CCCN(CC(O)CO)CC2)c(C)o1.O=CO. The molecular formula is C16H26N2O6. The van der Waals surface area contributed by atoms with E-state index in [4.69, 9.17) is 19.4 Å². The highest BCUT2D eigenvalue weighted by Gasteiger charge is 2.23. The number of carboxylic acid groups (broad SMARTS) is 1. The fourth-order valence-electron chi connectivity index (χ4n) is 2.73. The first-order chi connectivity index (χ1) is 11.4. The van der Waals surface area contributed by atoms with Crippen molar-refractivity contribution in [2.45, 2.75) is 26.4 Å². The molecule has 0 bridgehead atoms. The van der Waals surface area contributed by atoms with Crippen molar-refractivity contribution in [3.8, 4) is 0 Å². The van der Waals surface area contributed by atoms with E-state index >= 15 is 0 Å². The molecule has 1 aliphatic heterocycles. The van der Waals surface area contributed by atoms with Gasteiger partial charge < -0.3 is 24.6 Å². The third-order valence-corrected chi connectivity index (χ3v) is 3.83. The third kappa shape index (κ3) is 5.95. The zero-order valence-electron chi connectivity index (χ0n) is 14.1. The summed E-state index contributed by atoms with van der Waals surface area (Å²) >= 11 is 0. The lowest BCUT2D eigenvalue weighted by Gasteiger charge is -2.23. The first-order valence-electron chi connectivity index (χ1n) is 7.88. The molecule has 0 aliphatic carbocycles. The molecule has 0 aromatic carbocycles. The molecule has 1 aromatic heterocycles. The van der Waals surface area contributed by atoms with Gasteiger partial charge in [-0.1, -0.05) is 0 Å². The lowest BCUT2D eigenvalue weighted by atomic mass is 10.2. The van der Waals surface area contributed by atoms with Crippen LogP contribution in [0.3, 0.4) is 0 Å². The van der Waals surface area contributed by atoms with E-state index in [9.17, 15) is 9.90 Å². The average Bonchev–Trinajstić information content (AvgIpc) is 2.74. The van der Waals surface area contributed by atoms with Crippen molar-refractivity contribution in [1.82, 2.24) is 9.80 Å². The summed E-state index contributed by atoms with van der Waals surface area (Å²) in [6.45, 7) is 6.47. The Morgan fingerprint density at radius 3 is 2.54 bits per heavy atom. The van der Waals surface area contributed by atoms with E-state index in [0.29, 0.717) is 37.5 Å². The molecule has 1 aromatic rings. The molecule has 8 nitrogen and oxygen atoms in total. The van der Waals surface area contributed by atoms with E-state index in [-0.39, 0.29) is 19.0 Å². The summed E-state index contributed by atoms with van der Waals surface area (Å²) < 4.78 is 5.43. The van der Waals surface area contributed by atoms with Crippen molar-refractivity contribution < 1.29 is 29.3 Å². The highest BCUT2D eigenvalue weighted by Crippen LogP contribution is 2.17. The van der Waals surface area contributed by atoms with Gasteiger partial charge in [0.2, 0.25) is 0 Å². The molecule has 0 radical (unpaired) electrons. The average molecular weight is 342 g/mol. The van der Waals surface area contributed by atoms with Crippen molar-refractivity contribution in [1.29, 1.82) is 0 Å². The second-order valence-electron chi connectivity index (χ2n) is 5.72. The minimum atomic E-state index is -0.717. The molecule has 8 heteroatoms. The maximum Gasteiger partial charge on any atom is 0.290 e. The van der Waals surface area contributed by atoms with Crippen molar-refractivity contribution in [2.75, 3.05) is 39.3 Å². The number of aliphatic hydroxyl groups is 2. The minimum absolute atomic E-state index is 0.00825. The van der Waals surface area contributed by atoms with E-state index in [2.05, 4.69) is 4.90 Å². The molecule has 1 amide bonds. The largest absolute Gasteiger partial charge is 0.483 e. The molecule has 136 valence electrons. The third-order valence-electron chi connectivity index (χ3n) is 3.83. The summed E-state index contributed by atoms with van der Waals surface area (Å²) in [5, 5.41) is 25.3. The number of hydrogen-bond donors (Lipinski definition) is 3. The second kappa shape index (κ2) is 10.1. The van der Waals surface area contributed by atoms with E-state index < -0.39 is 6.10 Å². The first kappa shape index (κ1) is 20.1. The van der Waals surface area contributed by atoms with Crippen LogP contribution in [0.25, 0.3) is 0 Å². The Labute approximate surface area is 141 Å². The Morgan fingerprint density at radius 2 is 2.00 bits per heavy atom. The molecule has 1 fully saturated rings. The normalized spacial score (nSPS) is 16.8. The molecule has 2 heterocycles. The van der Waals surface area contributed by atoms with Crippen LogP contribution in [0.5, 0.6) is 0 Å². The lowest BCUT2D eigenvalue weighted by molar-refractivity contribution is -0.122. The predicted octanol–water partition coefficient (Wildman–Crippen LogP) is 0.0983. The van der Waals surface area contributed by atoms with Gasteiger partial charge in [-0.3, -0.25) is 14.5 Å². The number of nitrogens with zero attached hydrogens (tertiary/aromatic N) is 2. The van der Waals surface area contributed by atoms with Crippen LogP contribution >= 0.6 is 0 Å². The van der Waals surface area contributed by atoms with Crippen LogP contribution in [0, 0.1) is 13.8 Å². The summed E-state index contributed by atoms with van der Waals surface area (Å²) in [7, 11) is 0. The summed E-state index contributed by atoms with van der Waals surface area (Å²) in [5.74, 6) is 1.42. The number of β-amino-alcohol motifs (C(OH)–C–C–N with tert-alkyl or cyclic N) is 1. The Kier molecular flexibility index (Phi) is 8.45. The Balaban J connectivity index is 0.000000891. The summed E-state index contributed by atoms with van der Waals surface area (Å²) in [6, 6.07) is 1.79. The number of hydrogen-bond acceptors (Lipinski definition) is 6. The molecular weight excluding hydrogens is 316 g/mol. The quantitative estimate of drug-likeness (QED) is 0.665. The monoisotopic (exact) mass is 342 g/mol. The number of carbonyl (C=O) groups is 2. The molecule has 1 unspecified atom stereocenters. The maximum atomic E-state index is 12.5. The number of aryl methyl sites for hydroxylation is 2. The molecule has 24 heavy (non-hydrogen) atoms. The molecule has 0 spiro atoms. The van der Waals surface area contributed by atoms with Gasteiger partial charge in [0.25, 0.3) is 12.4 Å². The van der Waals surface area contributed by atoms with Gasteiger partial charge in [-0.2, -0.15) is 0 Å². The van der Waals surface area contributed by atoms with Gasteiger partial charge in [-0.05, 0) is 32.9 Å². The van der Waals surface area contributed by atoms with Crippen LogP contribution < -0.4 is 0 Å². The van der Waals surface area contributed by atoms with Crippen LogP contribution in [0.4, 0.5) is 0 Å². The van der Waals surface area contributed by atoms with Gasteiger partial charge in [0.15, 0.2) is 0 Å². The van der Waals surface area contributed by atoms with Crippen LogP contribution in [-0.2, 0) is 4.79 Å². The van der Waals surface area contributed by atoms with Crippen LogP contribution in [0.2, 0.25) is 0 Å². The summed E-state index contributed by atoms with van der Waals surface area (Å²) in [5.41, 5.74) is 0.636. The first-order valence-corrected chi connectivity index (χ1v) is 7.88. The Bertz CT molecular complexity index is 531. The van der Waals surface area contributed by atoms with Gasteiger partial charge >= 0.3 is 0 Å². The minimum Gasteiger partial charge on any atom is -0.483 e. The molecule has 1 saturated heterocycles. The van der Waals surface area contributed by atoms with Gasteiger partial charge in [0.05, 0.1) is 18.3 Å². The van der Waals surface area contributed by atoms with E-state index in [1.807, 2.05) is 18.7 Å². The molecule has 1 atom stereocenters. The fraction of sp³-hybridized carbons (Fsp3) is 0.625. The number of rotatable bonds is 4. The van der Waals surface area contributed by atoms with Crippen molar-refractivity contribution in [2.24, 2.45) is 0 Å². The van der Waals surface area contributed by atoms with Crippen LogP contribution in [-0.4, -0.2) is 82.9 Å². The number of amides is 1. The van der Waals surface area contributed by atoms with Crippen molar-refractivity contribution in [3.63, 3.8) is 0 Å². The summed E-state index contributed by atoms with van der Waals surface area (Å²) in [4.78, 5) is 24.8. The van der Waals surface area contributed by atoms with Gasteiger partial charge in [-0.15, -0.1) is 0 Å². The van der Waals surface area contributed by atoms with E-state index in [1.165, 1.54) is 0 Å². The lowest BCUT2D eigenvalue weighted by Crippen LogP contribution is -2.38. The maximum absolute atomic E-state index is 12.5. The smallest absolute Gasteiger partial charge is 0.290 e. The predicted molar refractivity (Wildman–Crippen MR) is 86.9 cm³/mol. The number of carbonyl (C=O) groups excluding carboxylic acids is 1. The second-order valence-corrected chi connectivity index (χ2v) is 5.72. The molecule has 2 rings (SSSR count). The molecule has 0 saturated carbocycles. The number of furan rings is 1. The van der Waals surface area contributed by atoms with E-state index in [1.54, 1.807) is 6.07 Å². The zero-order chi connectivity index (χ0) is 18.1. The van der Waals surface area contributed by atoms with Crippen molar-refractivity contribution in [3.05, 3.63) is 23.2 Å².